The number of carbonyl (C=O) groups excluding carboxylic acids is 1. The van der Waals surface area contributed by atoms with E-state index in [4.69, 9.17) is 11.5 Å². The average molecular weight is 248 g/mol. The van der Waals surface area contributed by atoms with Crippen LogP contribution in [0.2, 0.25) is 0 Å². The van der Waals surface area contributed by atoms with Crippen molar-refractivity contribution in [3.63, 3.8) is 0 Å². The summed E-state index contributed by atoms with van der Waals surface area (Å²) in [6.07, 6.45) is 0. The van der Waals surface area contributed by atoms with Crippen molar-refractivity contribution in [1.29, 1.82) is 0 Å². The van der Waals surface area contributed by atoms with Crippen LogP contribution in [0.3, 0.4) is 0 Å². The molecule has 0 bridgehead atoms. The fourth-order valence-electron chi connectivity index (χ4n) is 1.54. The first-order valence-electron chi connectivity index (χ1n) is 5.14. The number of hydrogen-bond acceptors (Lipinski definition) is 3. The van der Waals surface area contributed by atoms with Crippen LogP contribution >= 0.6 is 0 Å². The minimum atomic E-state index is -0.592. The van der Waals surface area contributed by atoms with Crippen LogP contribution in [0.1, 0.15) is 15.9 Å². The van der Waals surface area contributed by atoms with E-state index in [1.807, 2.05) is 0 Å². The molecule has 0 heterocycles. The van der Waals surface area contributed by atoms with E-state index in [9.17, 15) is 13.6 Å². The molecule has 2 aromatic carbocycles. The summed E-state index contributed by atoms with van der Waals surface area (Å²) in [5.74, 6) is -1.58. The third kappa shape index (κ3) is 2.15. The lowest BCUT2D eigenvalue weighted by Crippen LogP contribution is -2.04. The van der Waals surface area contributed by atoms with Gasteiger partial charge >= 0.3 is 0 Å². The summed E-state index contributed by atoms with van der Waals surface area (Å²) in [4.78, 5) is 12.0. The minimum Gasteiger partial charge on any atom is -0.396 e. The van der Waals surface area contributed by atoms with Crippen molar-refractivity contribution in [3.8, 4) is 0 Å². The topological polar surface area (TPSA) is 69.1 Å². The van der Waals surface area contributed by atoms with E-state index in [1.165, 1.54) is 24.3 Å². The number of ketones is 1. The van der Waals surface area contributed by atoms with Crippen molar-refractivity contribution in [3.05, 3.63) is 59.2 Å². The van der Waals surface area contributed by atoms with Gasteiger partial charge in [-0.2, -0.15) is 0 Å². The second-order valence-electron chi connectivity index (χ2n) is 3.80. The molecular formula is C13H10F2N2O. The predicted molar refractivity (Wildman–Crippen MR) is 65.1 cm³/mol. The van der Waals surface area contributed by atoms with E-state index in [-0.39, 0.29) is 22.5 Å². The first kappa shape index (κ1) is 12.0. The summed E-state index contributed by atoms with van der Waals surface area (Å²) in [5.41, 5.74) is 11.0. The van der Waals surface area contributed by atoms with E-state index in [2.05, 4.69) is 0 Å². The summed E-state index contributed by atoms with van der Waals surface area (Å²) in [6, 6.07) is 7.31. The van der Waals surface area contributed by atoms with Crippen molar-refractivity contribution in [1.82, 2.24) is 0 Å². The van der Waals surface area contributed by atoms with Crippen LogP contribution in [0.15, 0.2) is 36.4 Å². The maximum absolute atomic E-state index is 13.0. The van der Waals surface area contributed by atoms with Gasteiger partial charge in [0.15, 0.2) is 5.78 Å². The van der Waals surface area contributed by atoms with E-state index >= 15 is 0 Å². The molecule has 0 spiro atoms. The maximum Gasteiger partial charge on any atom is 0.193 e. The normalized spacial score (nSPS) is 10.3. The van der Waals surface area contributed by atoms with Gasteiger partial charge < -0.3 is 11.5 Å². The molecule has 0 radical (unpaired) electrons. The molecule has 0 unspecified atom stereocenters. The Morgan fingerprint density at radius 1 is 0.833 bits per heavy atom. The predicted octanol–water partition coefficient (Wildman–Crippen LogP) is 2.36. The molecule has 4 N–H and O–H groups in total. The van der Waals surface area contributed by atoms with Gasteiger partial charge in [-0.05, 0) is 36.4 Å². The summed E-state index contributed by atoms with van der Waals surface area (Å²) in [7, 11) is 0. The summed E-state index contributed by atoms with van der Waals surface area (Å²) < 4.78 is 26.0. The van der Waals surface area contributed by atoms with Gasteiger partial charge in [-0.1, -0.05) is 0 Å². The highest BCUT2D eigenvalue weighted by Crippen LogP contribution is 2.18. The quantitative estimate of drug-likeness (QED) is 0.633. The number of rotatable bonds is 2. The third-order valence-corrected chi connectivity index (χ3v) is 2.52. The van der Waals surface area contributed by atoms with Crippen LogP contribution in [0.4, 0.5) is 20.2 Å². The summed E-state index contributed by atoms with van der Waals surface area (Å²) in [5, 5.41) is 0. The van der Waals surface area contributed by atoms with E-state index in [0.29, 0.717) is 0 Å². The standard InChI is InChI=1S/C13H10F2N2O/c14-9-3-1-7(5-11(9)16)13(18)8-2-4-10(15)12(17)6-8/h1-6H,16-17H2. The van der Waals surface area contributed by atoms with Crippen LogP contribution in [-0.2, 0) is 0 Å². The molecule has 2 aromatic rings. The average Bonchev–Trinajstić information content (AvgIpc) is 2.35. The summed E-state index contributed by atoms with van der Waals surface area (Å²) >= 11 is 0. The lowest BCUT2D eigenvalue weighted by atomic mass is 10.0. The first-order valence-corrected chi connectivity index (χ1v) is 5.14. The molecule has 0 saturated carbocycles. The first-order chi connectivity index (χ1) is 8.49. The zero-order valence-electron chi connectivity index (χ0n) is 9.28. The van der Waals surface area contributed by atoms with E-state index in [0.717, 1.165) is 12.1 Å². The van der Waals surface area contributed by atoms with Crippen LogP contribution in [-0.4, -0.2) is 5.78 Å². The minimum absolute atomic E-state index is 0.115. The molecule has 3 nitrogen and oxygen atoms in total. The van der Waals surface area contributed by atoms with Crippen molar-refractivity contribution in [2.45, 2.75) is 0 Å². The molecule has 0 aromatic heterocycles. The van der Waals surface area contributed by atoms with Gasteiger partial charge in [0.05, 0.1) is 11.4 Å². The molecule has 92 valence electrons. The Labute approximate surface area is 102 Å². The second kappa shape index (κ2) is 4.44. The Morgan fingerprint density at radius 3 is 1.56 bits per heavy atom. The molecule has 0 saturated heterocycles. The molecule has 0 aliphatic heterocycles. The van der Waals surface area contributed by atoms with Gasteiger partial charge in [0.25, 0.3) is 0 Å². The molecule has 0 aliphatic carbocycles. The van der Waals surface area contributed by atoms with Gasteiger partial charge in [-0.25, -0.2) is 8.78 Å². The Hall–Kier alpha value is -2.43. The van der Waals surface area contributed by atoms with E-state index < -0.39 is 17.4 Å². The zero-order valence-corrected chi connectivity index (χ0v) is 9.28. The number of nitrogen functional groups attached to an aromatic ring is 2. The van der Waals surface area contributed by atoms with Crippen molar-refractivity contribution < 1.29 is 13.6 Å². The van der Waals surface area contributed by atoms with E-state index in [1.54, 1.807) is 0 Å². The number of hydrogen-bond donors (Lipinski definition) is 2. The van der Waals surface area contributed by atoms with Gasteiger partial charge in [-0.3, -0.25) is 4.79 Å². The Bertz CT molecular complexity index is 573. The number of carbonyl (C=O) groups is 1. The van der Waals surface area contributed by atoms with Gasteiger partial charge in [0.1, 0.15) is 11.6 Å². The highest BCUT2D eigenvalue weighted by Gasteiger charge is 2.12. The van der Waals surface area contributed by atoms with Gasteiger partial charge in [0, 0.05) is 11.1 Å². The smallest absolute Gasteiger partial charge is 0.193 e. The molecule has 0 aliphatic rings. The van der Waals surface area contributed by atoms with Crippen molar-refractivity contribution >= 4 is 17.2 Å². The lowest BCUT2D eigenvalue weighted by Gasteiger charge is -2.04. The molecular weight excluding hydrogens is 238 g/mol. The van der Waals surface area contributed by atoms with Gasteiger partial charge in [-0.15, -0.1) is 0 Å². The van der Waals surface area contributed by atoms with Crippen LogP contribution in [0, 0.1) is 11.6 Å². The maximum atomic E-state index is 13.0. The number of benzene rings is 2. The van der Waals surface area contributed by atoms with Gasteiger partial charge in [0.2, 0.25) is 0 Å². The van der Waals surface area contributed by atoms with Crippen molar-refractivity contribution in [2.75, 3.05) is 11.5 Å². The largest absolute Gasteiger partial charge is 0.396 e. The fourth-order valence-corrected chi connectivity index (χ4v) is 1.54. The summed E-state index contributed by atoms with van der Waals surface area (Å²) in [6.45, 7) is 0. The molecule has 18 heavy (non-hydrogen) atoms. The zero-order chi connectivity index (χ0) is 13.3. The molecule has 0 amide bonds. The molecule has 0 fully saturated rings. The van der Waals surface area contributed by atoms with Crippen molar-refractivity contribution in [2.24, 2.45) is 0 Å². The lowest BCUT2D eigenvalue weighted by molar-refractivity contribution is 0.103. The molecule has 0 atom stereocenters. The number of nitrogens with two attached hydrogens (primary N) is 2. The van der Waals surface area contributed by atoms with Crippen LogP contribution < -0.4 is 11.5 Å². The van der Waals surface area contributed by atoms with Crippen LogP contribution in [0.5, 0.6) is 0 Å². The second-order valence-corrected chi connectivity index (χ2v) is 3.80. The number of halogens is 2. The fraction of sp³-hybridized carbons (Fsp3) is 0. The van der Waals surface area contributed by atoms with Crippen LogP contribution in [0.25, 0.3) is 0 Å². The Morgan fingerprint density at radius 2 is 1.22 bits per heavy atom. The molecule has 2 rings (SSSR count). The highest BCUT2D eigenvalue weighted by atomic mass is 19.1. The Balaban J connectivity index is 2.41. The highest BCUT2D eigenvalue weighted by molar-refractivity contribution is 6.09. The number of anilines is 2. The third-order valence-electron chi connectivity index (χ3n) is 2.52. The Kier molecular flexibility index (Phi) is 2.97. The molecule has 5 heteroatoms. The monoisotopic (exact) mass is 248 g/mol. The SMILES string of the molecule is Nc1cc(C(=O)c2ccc(F)c(N)c2)ccc1F.